The number of ether oxygens (including phenoxy) is 1. The third-order valence-electron chi connectivity index (χ3n) is 5.48. The molecule has 0 radical (unpaired) electrons. The SMILES string of the molecule is O=C(NN=Cc1sc(N2CCOCC2)nc1-c1ccccc1)c1ccc(NS(=O)(=O)c2cccs2)cc1. The molecule has 2 aromatic heterocycles. The second-order valence-corrected chi connectivity index (χ2v) is 11.9. The van der Waals surface area contributed by atoms with Crippen molar-refractivity contribution >= 4 is 55.6 Å². The average Bonchev–Trinajstić information content (AvgIpc) is 3.61. The first-order chi connectivity index (χ1) is 18.0. The van der Waals surface area contributed by atoms with Crippen LogP contribution < -0.4 is 15.0 Å². The third kappa shape index (κ3) is 6.05. The summed E-state index contributed by atoms with van der Waals surface area (Å²) >= 11 is 2.64. The zero-order valence-electron chi connectivity index (χ0n) is 19.5. The molecule has 1 aliphatic heterocycles. The van der Waals surface area contributed by atoms with Crippen molar-refractivity contribution in [3.8, 4) is 11.3 Å². The number of anilines is 2. The maximum atomic E-state index is 12.6. The Morgan fingerprint density at radius 1 is 1.03 bits per heavy atom. The van der Waals surface area contributed by atoms with E-state index in [-0.39, 0.29) is 4.21 Å². The highest BCUT2D eigenvalue weighted by Gasteiger charge is 2.19. The van der Waals surface area contributed by atoms with E-state index in [9.17, 15) is 13.2 Å². The second-order valence-electron chi connectivity index (χ2n) is 7.99. The Hall–Kier alpha value is -3.58. The first kappa shape index (κ1) is 25.1. The van der Waals surface area contributed by atoms with E-state index in [2.05, 4.69) is 20.1 Å². The lowest BCUT2D eigenvalue weighted by molar-refractivity contribution is 0.0955. The number of morpholine rings is 1. The summed E-state index contributed by atoms with van der Waals surface area (Å²) < 4.78 is 32.9. The molecule has 0 bridgehead atoms. The molecule has 2 N–H and O–H groups in total. The number of nitrogens with zero attached hydrogens (tertiary/aromatic N) is 3. The van der Waals surface area contributed by atoms with Gasteiger partial charge >= 0.3 is 0 Å². The predicted molar refractivity (Wildman–Crippen MR) is 147 cm³/mol. The molecule has 37 heavy (non-hydrogen) atoms. The van der Waals surface area contributed by atoms with Crippen molar-refractivity contribution in [2.45, 2.75) is 4.21 Å². The van der Waals surface area contributed by atoms with Crippen molar-refractivity contribution in [2.75, 3.05) is 35.9 Å². The Morgan fingerprint density at radius 3 is 2.49 bits per heavy atom. The standard InChI is InChI=1S/C25H23N5O4S3/c31-24(19-8-10-20(11-9-19)29-37(32,33)22-7-4-16-35-22)28-26-17-21-23(18-5-2-1-3-6-18)27-25(36-21)30-12-14-34-15-13-30/h1-11,16-17,29H,12-15H2,(H,28,31). The predicted octanol–water partition coefficient (Wildman–Crippen LogP) is 4.27. The number of benzene rings is 2. The smallest absolute Gasteiger partial charge is 0.271 e. The molecule has 2 aromatic carbocycles. The van der Waals surface area contributed by atoms with Crippen LogP contribution in [0.1, 0.15) is 15.2 Å². The van der Waals surface area contributed by atoms with Crippen LogP contribution >= 0.6 is 22.7 Å². The first-order valence-corrected chi connectivity index (χ1v) is 14.6. The maximum absolute atomic E-state index is 12.6. The number of sulfonamides is 1. The summed E-state index contributed by atoms with van der Waals surface area (Å²) in [7, 11) is -3.65. The molecular weight excluding hydrogens is 531 g/mol. The Kier molecular flexibility index (Phi) is 7.60. The fraction of sp³-hybridized carbons (Fsp3) is 0.160. The minimum Gasteiger partial charge on any atom is -0.378 e. The fourth-order valence-corrected chi connectivity index (χ4v) is 6.69. The van der Waals surface area contributed by atoms with Gasteiger partial charge < -0.3 is 9.64 Å². The van der Waals surface area contributed by atoms with E-state index in [1.54, 1.807) is 17.7 Å². The van der Waals surface area contributed by atoms with Crippen LogP contribution in [0.2, 0.25) is 0 Å². The number of amides is 1. The van der Waals surface area contributed by atoms with E-state index in [4.69, 9.17) is 9.72 Å². The van der Waals surface area contributed by atoms with E-state index in [0.29, 0.717) is 24.5 Å². The van der Waals surface area contributed by atoms with Gasteiger partial charge in [0.2, 0.25) is 0 Å². The topological polar surface area (TPSA) is 113 Å². The largest absolute Gasteiger partial charge is 0.378 e. The van der Waals surface area contributed by atoms with Crippen LogP contribution in [0.15, 0.2) is 81.4 Å². The number of hydrazone groups is 1. The summed E-state index contributed by atoms with van der Waals surface area (Å²) in [6, 6.07) is 19.2. The fourth-order valence-electron chi connectivity index (χ4n) is 3.63. The van der Waals surface area contributed by atoms with Gasteiger partial charge in [0, 0.05) is 29.9 Å². The lowest BCUT2D eigenvalue weighted by Crippen LogP contribution is -2.36. The molecule has 1 aliphatic rings. The monoisotopic (exact) mass is 553 g/mol. The normalized spacial score (nSPS) is 14.1. The van der Waals surface area contributed by atoms with Crippen LogP contribution in [0.5, 0.6) is 0 Å². The summed E-state index contributed by atoms with van der Waals surface area (Å²) in [6.07, 6.45) is 1.60. The van der Waals surface area contributed by atoms with E-state index < -0.39 is 15.9 Å². The van der Waals surface area contributed by atoms with Crippen molar-refractivity contribution in [1.82, 2.24) is 10.4 Å². The highest BCUT2D eigenvalue weighted by Crippen LogP contribution is 2.32. The number of carbonyl (C=O) groups excluding carboxylic acids is 1. The molecular formula is C25H23N5O4S3. The first-order valence-electron chi connectivity index (χ1n) is 11.4. The van der Waals surface area contributed by atoms with E-state index in [1.165, 1.54) is 41.7 Å². The molecule has 4 aromatic rings. The average molecular weight is 554 g/mol. The summed E-state index contributed by atoms with van der Waals surface area (Å²) in [4.78, 5) is 20.5. The summed E-state index contributed by atoms with van der Waals surface area (Å²) in [5.41, 5.74) is 5.01. The molecule has 3 heterocycles. The molecule has 0 aliphatic carbocycles. The van der Waals surface area contributed by atoms with Gasteiger partial charge in [-0.3, -0.25) is 9.52 Å². The van der Waals surface area contributed by atoms with Gasteiger partial charge in [-0.05, 0) is 35.7 Å². The zero-order chi connectivity index (χ0) is 25.7. The number of thiazole rings is 1. The van der Waals surface area contributed by atoms with Crippen molar-refractivity contribution in [3.63, 3.8) is 0 Å². The Labute approximate surface area is 222 Å². The summed E-state index contributed by atoms with van der Waals surface area (Å²) in [5.74, 6) is -0.414. The highest BCUT2D eigenvalue weighted by atomic mass is 32.2. The van der Waals surface area contributed by atoms with Crippen molar-refractivity contribution in [2.24, 2.45) is 5.10 Å². The molecule has 0 spiro atoms. The molecule has 12 heteroatoms. The number of hydrogen-bond acceptors (Lipinski definition) is 9. The Balaban J connectivity index is 1.28. The van der Waals surface area contributed by atoms with Gasteiger partial charge in [0.1, 0.15) is 4.21 Å². The zero-order valence-corrected chi connectivity index (χ0v) is 22.0. The highest BCUT2D eigenvalue weighted by molar-refractivity contribution is 7.94. The second kappa shape index (κ2) is 11.2. The van der Waals surface area contributed by atoms with Crippen LogP contribution in [-0.2, 0) is 14.8 Å². The lowest BCUT2D eigenvalue weighted by atomic mass is 10.1. The number of hydrogen-bond donors (Lipinski definition) is 2. The summed E-state index contributed by atoms with van der Waals surface area (Å²) in [6.45, 7) is 2.87. The Morgan fingerprint density at radius 2 is 1.78 bits per heavy atom. The Bertz CT molecular complexity index is 1480. The van der Waals surface area contributed by atoms with Crippen LogP contribution in [0, 0.1) is 0 Å². The van der Waals surface area contributed by atoms with Gasteiger partial charge in [-0.1, -0.05) is 47.7 Å². The molecule has 1 saturated heterocycles. The molecule has 1 amide bonds. The van der Waals surface area contributed by atoms with Crippen molar-refractivity contribution in [1.29, 1.82) is 0 Å². The number of carbonyl (C=O) groups is 1. The number of rotatable bonds is 8. The number of nitrogens with one attached hydrogen (secondary N) is 2. The van der Waals surface area contributed by atoms with Gasteiger partial charge in [-0.15, -0.1) is 11.3 Å². The minimum atomic E-state index is -3.65. The molecule has 0 unspecified atom stereocenters. The molecule has 190 valence electrons. The molecule has 5 rings (SSSR count). The maximum Gasteiger partial charge on any atom is 0.271 e. The van der Waals surface area contributed by atoms with Crippen molar-refractivity contribution in [3.05, 3.63) is 82.6 Å². The molecule has 0 atom stereocenters. The number of aromatic nitrogens is 1. The molecule has 0 saturated carbocycles. The van der Waals surface area contributed by atoms with Gasteiger partial charge in [-0.25, -0.2) is 18.8 Å². The van der Waals surface area contributed by atoms with E-state index in [0.717, 1.165) is 45.7 Å². The van der Waals surface area contributed by atoms with E-state index in [1.807, 2.05) is 30.3 Å². The third-order valence-corrected chi connectivity index (χ3v) is 9.31. The number of thiophene rings is 1. The van der Waals surface area contributed by atoms with Crippen LogP contribution in [0.4, 0.5) is 10.8 Å². The van der Waals surface area contributed by atoms with Crippen molar-refractivity contribution < 1.29 is 17.9 Å². The lowest BCUT2D eigenvalue weighted by Gasteiger charge is -2.26. The van der Waals surface area contributed by atoms with Crippen LogP contribution in [0.25, 0.3) is 11.3 Å². The van der Waals surface area contributed by atoms with Gasteiger partial charge in [0.05, 0.1) is 30.0 Å². The molecule has 9 nitrogen and oxygen atoms in total. The van der Waals surface area contributed by atoms with E-state index >= 15 is 0 Å². The molecule has 1 fully saturated rings. The minimum absolute atomic E-state index is 0.221. The summed E-state index contributed by atoms with van der Waals surface area (Å²) in [5, 5.41) is 6.75. The van der Waals surface area contributed by atoms with Gasteiger partial charge in [0.25, 0.3) is 15.9 Å². The van der Waals surface area contributed by atoms with Crippen LogP contribution in [0.3, 0.4) is 0 Å². The van der Waals surface area contributed by atoms with Gasteiger partial charge in [-0.2, -0.15) is 5.10 Å². The van der Waals surface area contributed by atoms with Crippen LogP contribution in [-0.4, -0.2) is 51.8 Å². The quantitative estimate of drug-likeness (QED) is 0.249. The van der Waals surface area contributed by atoms with Gasteiger partial charge in [0.15, 0.2) is 5.13 Å².